The third-order valence-corrected chi connectivity index (χ3v) is 1.39. The van der Waals surface area contributed by atoms with Crippen LogP contribution in [-0.2, 0) is 4.74 Å². The van der Waals surface area contributed by atoms with Crippen LogP contribution in [0.4, 0.5) is 0 Å². The number of hydrogen-bond donors (Lipinski definition) is 1. The summed E-state index contributed by atoms with van der Waals surface area (Å²) in [5.74, 6) is 0.796. The second-order valence-corrected chi connectivity index (χ2v) is 2.00. The number of nitrogens with one attached hydrogen (secondary N) is 1. The highest BCUT2D eigenvalue weighted by atomic mass is 16.5. The average Bonchev–Trinajstić information content (AvgIpc) is 2.43. The van der Waals surface area contributed by atoms with Crippen molar-refractivity contribution < 1.29 is 4.74 Å². The van der Waals surface area contributed by atoms with Crippen LogP contribution in [0.25, 0.3) is 0 Å². The van der Waals surface area contributed by atoms with Gasteiger partial charge < -0.3 is 4.74 Å². The SMILES string of the molecule is CCC(OC)c1ncn[nH]1. The normalized spacial score (nSPS) is 13.4. The highest BCUT2D eigenvalue weighted by molar-refractivity contribution is 4.85. The van der Waals surface area contributed by atoms with E-state index in [1.54, 1.807) is 7.11 Å². The summed E-state index contributed by atoms with van der Waals surface area (Å²) in [6, 6.07) is 0. The zero-order valence-electron chi connectivity index (χ0n) is 6.16. The highest BCUT2D eigenvalue weighted by Gasteiger charge is 2.09. The first-order valence-corrected chi connectivity index (χ1v) is 3.26. The molecule has 4 heteroatoms. The number of nitrogens with zero attached hydrogens (tertiary/aromatic N) is 2. The molecular formula is C6H11N3O. The summed E-state index contributed by atoms with van der Waals surface area (Å²) in [5, 5.41) is 6.48. The molecule has 0 aliphatic rings. The van der Waals surface area contributed by atoms with Crippen LogP contribution in [0.1, 0.15) is 25.3 Å². The molecule has 0 aliphatic carbocycles. The standard InChI is InChI=1S/C6H11N3O/c1-3-5(10-2)6-7-4-8-9-6/h4-5H,3H2,1-2H3,(H,7,8,9). The maximum absolute atomic E-state index is 5.11. The van der Waals surface area contributed by atoms with Gasteiger partial charge in [0.05, 0.1) is 0 Å². The van der Waals surface area contributed by atoms with Crippen molar-refractivity contribution in [1.29, 1.82) is 0 Å². The third kappa shape index (κ3) is 1.33. The topological polar surface area (TPSA) is 50.8 Å². The van der Waals surface area contributed by atoms with Crippen LogP contribution in [0.3, 0.4) is 0 Å². The van der Waals surface area contributed by atoms with Crippen molar-refractivity contribution in [3.8, 4) is 0 Å². The monoisotopic (exact) mass is 141 g/mol. The molecule has 1 N–H and O–H groups in total. The lowest BCUT2D eigenvalue weighted by molar-refractivity contribution is 0.0929. The van der Waals surface area contributed by atoms with E-state index in [0.29, 0.717) is 0 Å². The summed E-state index contributed by atoms with van der Waals surface area (Å²) < 4.78 is 5.11. The molecule has 0 amide bonds. The Morgan fingerprint density at radius 1 is 1.80 bits per heavy atom. The fourth-order valence-electron chi connectivity index (χ4n) is 0.842. The molecule has 1 heterocycles. The van der Waals surface area contributed by atoms with Crippen molar-refractivity contribution in [3.05, 3.63) is 12.2 Å². The molecule has 56 valence electrons. The Morgan fingerprint density at radius 2 is 2.60 bits per heavy atom. The number of hydrogen-bond acceptors (Lipinski definition) is 3. The second-order valence-electron chi connectivity index (χ2n) is 2.00. The molecule has 0 aliphatic heterocycles. The Labute approximate surface area is 59.6 Å². The van der Waals surface area contributed by atoms with Crippen molar-refractivity contribution >= 4 is 0 Å². The maximum atomic E-state index is 5.11. The van der Waals surface area contributed by atoms with Crippen LogP contribution in [0, 0.1) is 0 Å². The highest BCUT2D eigenvalue weighted by Crippen LogP contribution is 2.13. The molecule has 0 fully saturated rings. The summed E-state index contributed by atoms with van der Waals surface area (Å²) >= 11 is 0. The van der Waals surface area contributed by atoms with Gasteiger partial charge in [-0.05, 0) is 6.42 Å². The first-order valence-electron chi connectivity index (χ1n) is 3.26. The quantitative estimate of drug-likeness (QED) is 0.680. The van der Waals surface area contributed by atoms with E-state index in [1.807, 2.05) is 6.92 Å². The molecule has 4 nitrogen and oxygen atoms in total. The van der Waals surface area contributed by atoms with E-state index in [1.165, 1.54) is 6.33 Å². The smallest absolute Gasteiger partial charge is 0.153 e. The zero-order chi connectivity index (χ0) is 7.40. The molecule has 0 spiro atoms. The molecule has 0 bridgehead atoms. The van der Waals surface area contributed by atoms with Gasteiger partial charge in [0.25, 0.3) is 0 Å². The molecular weight excluding hydrogens is 130 g/mol. The minimum Gasteiger partial charge on any atom is -0.373 e. The van der Waals surface area contributed by atoms with Gasteiger partial charge in [0, 0.05) is 7.11 Å². The summed E-state index contributed by atoms with van der Waals surface area (Å²) in [6.45, 7) is 2.04. The van der Waals surface area contributed by atoms with Gasteiger partial charge in [-0.25, -0.2) is 4.98 Å². The summed E-state index contributed by atoms with van der Waals surface area (Å²) in [6.07, 6.45) is 2.45. The number of aromatic nitrogens is 3. The molecule has 0 saturated carbocycles. The van der Waals surface area contributed by atoms with E-state index in [0.717, 1.165) is 12.2 Å². The van der Waals surface area contributed by atoms with E-state index >= 15 is 0 Å². The van der Waals surface area contributed by atoms with E-state index in [4.69, 9.17) is 4.74 Å². The molecule has 1 aromatic heterocycles. The van der Waals surface area contributed by atoms with Gasteiger partial charge in [-0.15, -0.1) is 0 Å². The lowest BCUT2D eigenvalue weighted by Gasteiger charge is -2.07. The fraction of sp³-hybridized carbons (Fsp3) is 0.667. The second kappa shape index (κ2) is 3.31. The van der Waals surface area contributed by atoms with Crippen molar-refractivity contribution in [3.63, 3.8) is 0 Å². The van der Waals surface area contributed by atoms with Crippen LogP contribution < -0.4 is 0 Å². The molecule has 1 atom stereocenters. The van der Waals surface area contributed by atoms with Crippen molar-refractivity contribution in [2.24, 2.45) is 0 Å². The predicted molar refractivity (Wildman–Crippen MR) is 36.4 cm³/mol. The van der Waals surface area contributed by atoms with E-state index in [9.17, 15) is 0 Å². The molecule has 0 aromatic carbocycles. The van der Waals surface area contributed by atoms with E-state index in [2.05, 4.69) is 15.2 Å². The number of rotatable bonds is 3. The molecule has 10 heavy (non-hydrogen) atoms. The van der Waals surface area contributed by atoms with Crippen molar-refractivity contribution in [1.82, 2.24) is 15.2 Å². The molecule has 1 rings (SSSR count). The van der Waals surface area contributed by atoms with Crippen LogP contribution in [0.2, 0.25) is 0 Å². The summed E-state index contributed by atoms with van der Waals surface area (Å²) in [4.78, 5) is 3.97. The largest absolute Gasteiger partial charge is 0.373 e. The Kier molecular flexibility index (Phi) is 2.39. The number of H-pyrrole nitrogens is 1. The summed E-state index contributed by atoms with van der Waals surface area (Å²) in [7, 11) is 1.66. The lowest BCUT2D eigenvalue weighted by Crippen LogP contribution is -2.01. The predicted octanol–water partition coefficient (Wildman–Crippen LogP) is 0.902. The first-order chi connectivity index (χ1) is 4.88. The van der Waals surface area contributed by atoms with Crippen LogP contribution in [0.5, 0.6) is 0 Å². The van der Waals surface area contributed by atoms with Gasteiger partial charge >= 0.3 is 0 Å². The Balaban J connectivity index is 2.64. The minimum absolute atomic E-state index is 0.0579. The minimum atomic E-state index is 0.0579. The number of ether oxygens (including phenoxy) is 1. The van der Waals surface area contributed by atoms with Gasteiger partial charge in [-0.1, -0.05) is 6.92 Å². The number of aromatic amines is 1. The molecule has 0 saturated heterocycles. The summed E-state index contributed by atoms with van der Waals surface area (Å²) in [5.41, 5.74) is 0. The van der Waals surface area contributed by atoms with Gasteiger partial charge in [0.2, 0.25) is 0 Å². The van der Waals surface area contributed by atoms with Gasteiger partial charge in [0.15, 0.2) is 5.82 Å². The Bertz CT molecular complexity index is 169. The van der Waals surface area contributed by atoms with E-state index in [-0.39, 0.29) is 6.10 Å². The third-order valence-electron chi connectivity index (χ3n) is 1.39. The van der Waals surface area contributed by atoms with Crippen molar-refractivity contribution in [2.75, 3.05) is 7.11 Å². The van der Waals surface area contributed by atoms with Gasteiger partial charge in [-0.2, -0.15) is 5.10 Å². The Hall–Kier alpha value is -0.900. The lowest BCUT2D eigenvalue weighted by atomic mass is 10.3. The molecule has 0 radical (unpaired) electrons. The van der Waals surface area contributed by atoms with Crippen LogP contribution >= 0.6 is 0 Å². The van der Waals surface area contributed by atoms with Gasteiger partial charge in [-0.3, -0.25) is 5.10 Å². The fourth-order valence-corrected chi connectivity index (χ4v) is 0.842. The molecule has 1 aromatic rings. The maximum Gasteiger partial charge on any atom is 0.153 e. The molecule has 1 unspecified atom stereocenters. The van der Waals surface area contributed by atoms with Crippen LogP contribution in [-0.4, -0.2) is 22.3 Å². The van der Waals surface area contributed by atoms with Crippen LogP contribution in [0.15, 0.2) is 6.33 Å². The van der Waals surface area contributed by atoms with Crippen molar-refractivity contribution in [2.45, 2.75) is 19.4 Å². The van der Waals surface area contributed by atoms with Gasteiger partial charge in [0.1, 0.15) is 12.4 Å². The Morgan fingerprint density at radius 3 is 3.00 bits per heavy atom. The number of methoxy groups -OCH3 is 1. The average molecular weight is 141 g/mol. The first kappa shape index (κ1) is 7.21. The zero-order valence-corrected chi connectivity index (χ0v) is 6.16. The van der Waals surface area contributed by atoms with E-state index < -0.39 is 0 Å².